The van der Waals surface area contributed by atoms with Crippen molar-refractivity contribution in [3.63, 3.8) is 0 Å². The monoisotopic (exact) mass is 320 g/mol. The SMILES string of the molecule is CCN(CC(=O)NC(=O)NC1CC1)Cc1cccc([N+](=O)[O-])c1. The van der Waals surface area contributed by atoms with E-state index in [2.05, 4.69) is 10.6 Å². The van der Waals surface area contributed by atoms with Crippen LogP contribution >= 0.6 is 0 Å². The standard InChI is InChI=1S/C15H20N4O4/c1-2-18(9-11-4-3-5-13(8-11)19(22)23)10-14(20)17-15(21)16-12-6-7-12/h3-5,8,12H,2,6-7,9-10H2,1H3,(H2,16,17,20,21). The van der Waals surface area contributed by atoms with Gasteiger partial charge in [-0.1, -0.05) is 19.1 Å². The molecule has 2 rings (SSSR count). The summed E-state index contributed by atoms with van der Waals surface area (Å²) in [4.78, 5) is 35.5. The molecule has 0 saturated heterocycles. The average Bonchev–Trinajstić information content (AvgIpc) is 3.30. The van der Waals surface area contributed by atoms with Crippen LogP contribution in [0.1, 0.15) is 25.3 Å². The third-order valence-electron chi connectivity index (χ3n) is 3.51. The van der Waals surface area contributed by atoms with Crippen LogP contribution in [-0.4, -0.2) is 40.9 Å². The minimum atomic E-state index is -0.469. The predicted molar refractivity (Wildman–Crippen MR) is 83.7 cm³/mol. The predicted octanol–water partition coefficient (Wildman–Crippen LogP) is 1.40. The molecule has 1 fully saturated rings. The van der Waals surface area contributed by atoms with Crippen molar-refractivity contribution in [3.8, 4) is 0 Å². The summed E-state index contributed by atoms with van der Waals surface area (Å²) in [6.07, 6.45) is 1.91. The number of benzene rings is 1. The van der Waals surface area contributed by atoms with Crippen molar-refractivity contribution < 1.29 is 14.5 Å². The van der Waals surface area contributed by atoms with Gasteiger partial charge in [0.25, 0.3) is 5.69 Å². The Morgan fingerprint density at radius 2 is 2.13 bits per heavy atom. The number of nitrogens with zero attached hydrogens (tertiary/aromatic N) is 2. The molecule has 8 heteroatoms. The second-order valence-corrected chi connectivity index (χ2v) is 5.53. The maximum absolute atomic E-state index is 11.9. The van der Waals surface area contributed by atoms with E-state index in [9.17, 15) is 19.7 Å². The van der Waals surface area contributed by atoms with Gasteiger partial charge in [0.15, 0.2) is 0 Å². The lowest BCUT2D eigenvalue weighted by molar-refractivity contribution is -0.384. The summed E-state index contributed by atoms with van der Waals surface area (Å²) >= 11 is 0. The summed E-state index contributed by atoms with van der Waals surface area (Å²) in [5.74, 6) is -0.393. The third kappa shape index (κ3) is 5.67. The summed E-state index contributed by atoms with van der Waals surface area (Å²) in [6.45, 7) is 2.92. The number of amides is 3. The molecule has 0 bridgehead atoms. The molecular formula is C15H20N4O4. The maximum atomic E-state index is 11.9. The number of carbonyl (C=O) groups is 2. The van der Waals surface area contributed by atoms with Gasteiger partial charge in [-0.2, -0.15) is 0 Å². The zero-order valence-electron chi connectivity index (χ0n) is 12.9. The highest BCUT2D eigenvalue weighted by Crippen LogP contribution is 2.18. The number of likely N-dealkylation sites (N-methyl/N-ethyl adjacent to an activating group) is 1. The number of imide groups is 1. The first-order valence-electron chi connectivity index (χ1n) is 7.54. The third-order valence-corrected chi connectivity index (χ3v) is 3.51. The Balaban J connectivity index is 1.86. The van der Waals surface area contributed by atoms with E-state index in [1.54, 1.807) is 17.0 Å². The summed E-state index contributed by atoms with van der Waals surface area (Å²) < 4.78 is 0. The number of nitro groups is 1. The lowest BCUT2D eigenvalue weighted by Crippen LogP contribution is -2.45. The van der Waals surface area contributed by atoms with Gasteiger partial charge in [-0.05, 0) is 24.9 Å². The van der Waals surface area contributed by atoms with Crippen molar-refractivity contribution in [2.24, 2.45) is 0 Å². The van der Waals surface area contributed by atoms with Crippen molar-refractivity contribution in [2.45, 2.75) is 32.4 Å². The summed E-state index contributed by atoms with van der Waals surface area (Å²) in [5.41, 5.74) is 0.767. The highest BCUT2D eigenvalue weighted by molar-refractivity contribution is 5.95. The van der Waals surface area contributed by atoms with E-state index in [4.69, 9.17) is 0 Å². The van der Waals surface area contributed by atoms with Crippen LogP contribution in [0, 0.1) is 10.1 Å². The maximum Gasteiger partial charge on any atom is 0.321 e. The molecule has 0 radical (unpaired) electrons. The van der Waals surface area contributed by atoms with Gasteiger partial charge in [0.05, 0.1) is 11.5 Å². The number of hydrogen-bond acceptors (Lipinski definition) is 5. The van der Waals surface area contributed by atoms with Crippen LogP contribution in [0.25, 0.3) is 0 Å². The van der Waals surface area contributed by atoms with Crippen molar-refractivity contribution in [2.75, 3.05) is 13.1 Å². The minimum Gasteiger partial charge on any atom is -0.335 e. The highest BCUT2D eigenvalue weighted by Gasteiger charge is 2.24. The Bertz CT molecular complexity index is 601. The summed E-state index contributed by atoms with van der Waals surface area (Å²) in [5, 5.41) is 15.8. The number of rotatable bonds is 7. The molecule has 124 valence electrons. The van der Waals surface area contributed by atoms with Crippen molar-refractivity contribution >= 4 is 17.6 Å². The molecule has 1 saturated carbocycles. The Hall–Kier alpha value is -2.48. The number of nitro benzene ring substituents is 1. The molecule has 0 unspecified atom stereocenters. The molecule has 8 nitrogen and oxygen atoms in total. The van der Waals surface area contributed by atoms with Gasteiger partial charge in [-0.15, -0.1) is 0 Å². The molecule has 0 spiro atoms. The number of nitrogens with one attached hydrogen (secondary N) is 2. The molecule has 0 atom stereocenters. The fourth-order valence-electron chi connectivity index (χ4n) is 2.12. The Morgan fingerprint density at radius 3 is 2.74 bits per heavy atom. The smallest absolute Gasteiger partial charge is 0.321 e. The summed E-state index contributed by atoms with van der Waals surface area (Å²) in [7, 11) is 0. The van der Waals surface area contributed by atoms with E-state index < -0.39 is 16.9 Å². The topological polar surface area (TPSA) is 105 Å². The van der Waals surface area contributed by atoms with E-state index in [0.29, 0.717) is 13.1 Å². The van der Waals surface area contributed by atoms with Crippen LogP contribution in [0.2, 0.25) is 0 Å². The van der Waals surface area contributed by atoms with Gasteiger partial charge >= 0.3 is 6.03 Å². The number of carbonyl (C=O) groups excluding carboxylic acids is 2. The lowest BCUT2D eigenvalue weighted by atomic mass is 10.2. The van der Waals surface area contributed by atoms with E-state index >= 15 is 0 Å². The van der Waals surface area contributed by atoms with Gasteiger partial charge in [-0.25, -0.2) is 4.79 Å². The molecular weight excluding hydrogens is 300 g/mol. The van der Waals surface area contributed by atoms with Crippen LogP contribution in [-0.2, 0) is 11.3 Å². The summed E-state index contributed by atoms with van der Waals surface area (Å²) in [6, 6.07) is 6.02. The zero-order valence-corrected chi connectivity index (χ0v) is 12.9. The number of urea groups is 1. The van der Waals surface area contributed by atoms with Crippen molar-refractivity contribution in [1.29, 1.82) is 0 Å². The minimum absolute atomic E-state index is 0.0202. The average molecular weight is 320 g/mol. The highest BCUT2D eigenvalue weighted by atomic mass is 16.6. The van der Waals surface area contributed by atoms with Crippen LogP contribution in [0.5, 0.6) is 0 Å². The number of non-ortho nitro benzene ring substituents is 1. The molecule has 0 heterocycles. The Labute approximate surface area is 134 Å². The largest absolute Gasteiger partial charge is 0.335 e. The molecule has 3 amide bonds. The second-order valence-electron chi connectivity index (χ2n) is 5.53. The Kier molecular flexibility index (Phi) is 5.64. The van der Waals surface area contributed by atoms with E-state index in [1.807, 2.05) is 6.92 Å². The van der Waals surface area contributed by atoms with Crippen LogP contribution in [0.4, 0.5) is 10.5 Å². The molecule has 0 aliphatic heterocycles. The van der Waals surface area contributed by atoms with E-state index in [-0.39, 0.29) is 18.3 Å². The van der Waals surface area contributed by atoms with Gasteiger partial charge in [0, 0.05) is 24.7 Å². The Morgan fingerprint density at radius 1 is 1.39 bits per heavy atom. The first kappa shape index (κ1) is 16.9. The van der Waals surface area contributed by atoms with Crippen LogP contribution in [0.3, 0.4) is 0 Å². The molecule has 23 heavy (non-hydrogen) atoms. The van der Waals surface area contributed by atoms with E-state index in [0.717, 1.165) is 18.4 Å². The molecule has 1 aromatic rings. The normalized spacial score (nSPS) is 13.7. The van der Waals surface area contributed by atoms with Gasteiger partial charge < -0.3 is 5.32 Å². The van der Waals surface area contributed by atoms with E-state index in [1.165, 1.54) is 12.1 Å². The lowest BCUT2D eigenvalue weighted by Gasteiger charge is -2.19. The van der Waals surface area contributed by atoms with Crippen molar-refractivity contribution in [3.05, 3.63) is 39.9 Å². The molecule has 1 aromatic carbocycles. The fourth-order valence-corrected chi connectivity index (χ4v) is 2.12. The van der Waals surface area contributed by atoms with Gasteiger partial charge in [-0.3, -0.25) is 25.1 Å². The van der Waals surface area contributed by atoms with Crippen molar-refractivity contribution in [1.82, 2.24) is 15.5 Å². The second kappa shape index (κ2) is 7.68. The van der Waals surface area contributed by atoms with Crippen LogP contribution < -0.4 is 10.6 Å². The zero-order chi connectivity index (χ0) is 16.8. The van der Waals surface area contributed by atoms with Gasteiger partial charge in [0.2, 0.25) is 5.91 Å². The quantitative estimate of drug-likeness (QED) is 0.584. The molecule has 1 aliphatic carbocycles. The molecule has 2 N–H and O–H groups in total. The first-order valence-corrected chi connectivity index (χ1v) is 7.54. The van der Waals surface area contributed by atoms with Crippen LogP contribution in [0.15, 0.2) is 24.3 Å². The molecule has 0 aromatic heterocycles. The van der Waals surface area contributed by atoms with Gasteiger partial charge in [0.1, 0.15) is 0 Å². The fraction of sp³-hybridized carbons (Fsp3) is 0.467. The first-order chi connectivity index (χ1) is 11.0. The number of hydrogen-bond donors (Lipinski definition) is 2. The molecule has 1 aliphatic rings.